The minimum atomic E-state index is -1.20. The molecule has 0 radical (unpaired) electrons. The second kappa shape index (κ2) is 47.3. The molecule has 762 valence electrons. The van der Waals surface area contributed by atoms with Crippen LogP contribution in [0.15, 0.2) is 127 Å². The molecule has 4 aliphatic carbocycles. The Morgan fingerprint density at radius 1 is 0.437 bits per heavy atom. The minimum Gasteiger partial charge on any atom is -1.00 e. The van der Waals surface area contributed by atoms with Gasteiger partial charge in [0.25, 0.3) is 0 Å². The van der Waals surface area contributed by atoms with Crippen LogP contribution in [0.3, 0.4) is 0 Å². The van der Waals surface area contributed by atoms with E-state index in [1.54, 1.807) is 39.2 Å². The van der Waals surface area contributed by atoms with E-state index in [1.165, 1.54) is 5.56 Å². The summed E-state index contributed by atoms with van der Waals surface area (Å²) in [7, 11) is -3.58. The quantitative estimate of drug-likeness (QED) is 0.0144. The number of benzene rings is 4. The van der Waals surface area contributed by atoms with Gasteiger partial charge in [0, 0.05) is 136 Å². The molecular weight excluding hydrogens is 1960 g/mol. The Labute approximate surface area is 869 Å². The zero-order chi connectivity index (χ0) is 96.9. The molecular formula is C102H141BrClMgN19O15Si3. The molecule has 4 saturated heterocycles. The summed E-state index contributed by atoms with van der Waals surface area (Å²) in [5.41, 5.74) is 11.3. The van der Waals surface area contributed by atoms with Gasteiger partial charge in [-0.1, -0.05) is 65.0 Å². The predicted octanol–water partition coefficient (Wildman–Crippen LogP) is 12.2. The third-order valence-corrected chi connectivity index (χ3v) is 31.6. The molecule has 8 fully saturated rings. The number of morpholine rings is 4. The van der Waals surface area contributed by atoms with Crippen molar-refractivity contribution >= 4 is 128 Å². The molecule has 3 N–H and O–H groups in total. The topological polar surface area (TPSA) is 361 Å². The molecule has 0 bridgehead atoms. The number of anilines is 4. The first kappa shape index (κ1) is 110. The number of aldehydes is 1. The van der Waals surface area contributed by atoms with Crippen LogP contribution < -0.4 is 55.5 Å². The van der Waals surface area contributed by atoms with Crippen molar-refractivity contribution < 1.29 is 89.2 Å². The minimum absolute atomic E-state index is 0. The van der Waals surface area contributed by atoms with Crippen molar-refractivity contribution in [3.05, 3.63) is 147 Å². The van der Waals surface area contributed by atoms with Gasteiger partial charge < -0.3 is 116 Å². The summed E-state index contributed by atoms with van der Waals surface area (Å²) < 4.78 is 71.4. The monoisotopic (exact) mass is 2090 g/mol. The molecule has 142 heavy (non-hydrogen) atoms. The number of carbonyl (C=O) groups excluding carboxylic acids is 1. The van der Waals surface area contributed by atoms with Crippen LogP contribution in [-0.4, -0.2) is 308 Å². The van der Waals surface area contributed by atoms with Crippen LogP contribution in [0.4, 0.5) is 23.3 Å². The van der Waals surface area contributed by atoms with E-state index in [-0.39, 0.29) is 107 Å². The number of hydrogen-bond donors (Lipinski definition) is 3. The van der Waals surface area contributed by atoms with Crippen molar-refractivity contribution in [3.63, 3.8) is 0 Å². The molecule has 4 saturated carbocycles. The Balaban J connectivity index is 0.000000158. The van der Waals surface area contributed by atoms with E-state index >= 15 is 0 Å². The molecule has 7 aromatic heterocycles. The molecule has 6 atom stereocenters. The van der Waals surface area contributed by atoms with Gasteiger partial charge in [-0.3, -0.25) is 4.99 Å². The first-order valence-corrected chi connectivity index (χ1v) is 60.1. The van der Waals surface area contributed by atoms with E-state index in [9.17, 15) is 20.1 Å². The molecule has 0 spiro atoms. The Hall–Kier alpha value is -8.86. The maximum absolute atomic E-state index is 11.3. The fourth-order valence-electron chi connectivity index (χ4n) is 16.9. The van der Waals surface area contributed by atoms with Gasteiger partial charge in [0.2, 0.25) is 0 Å². The zero-order valence-electron chi connectivity index (χ0n) is 85.2. The SMILES string of the molecule is CC(O)[C@@H]1CN(c2cc(-c3c4cc(OC5(C)CC5)ccc4nn3COCC[Si](C)(C)C)ncn2)CCO1.CC(O)[C@@H]1CN(c2cc(C3=NCc4ccc(OC5(C)CC5)cc43)ncn2)CCO1.CC1(Oc2ccc3nn(COCC[Si](C)(C)C)c(-c4cc(N5CCO[C@H](C=O)C5)ncn4)c3c2)CC1.CC1(Oc2ccc3nn(COCC[Si](C)(C)C)c(-c4cc(N5CCO[C@H](CO)C5)ncn4)c3c2)CC1.Cl.[Br-].[CH3-].[Mg+2]. The average molecular weight is 2100 g/mol. The maximum Gasteiger partial charge on any atom is 2.00 e. The summed E-state index contributed by atoms with van der Waals surface area (Å²) >= 11 is 0. The number of rotatable bonds is 35. The standard InChI is InChI=1S/C27H39N5O4Si.C26H37N5O4Si.C26H35N5O4Si.C22H26N4O3.CH3.BrH.ClH.Mg/c1-19(33)24-16-31(10-11-35-24)25-15-23(28-17-29-25)26-21-14-20(36-27(2)8-9-27)6-7-22(21)30-32(26)18-34-12-13-37(3,4)5;2*1-26(7-8-26)35-19-5-6-22-21(13-19)25(31(29-22)18-33-11-12-36(2,3)4)23-14-24(28-17-27-23)30-9-10-34-20(15-30)16-32;1-14(27)19-12-26(7-8-28-19)20-10-18(24-13-25-20)21-17-9-16(29-22(2)5-6-22)4-3-15(17)11-23-21;;;;/h6-7,14-15,17,19,24,33H,8-13,16,18H2,1-5H3;5-6,13-14,17,20,32H,7-12,15-16,18H2,1-4H3;5-6,13-14,16-17,20H,7-12,15,18H2,1-4H3;3-4,9-10,13-14,19,27H,5-8,11-12H2,1-2H3;1H3;2*1H;/q;;;;-1;;;+2/p-1/t19?,24-;2*20-;14?,19-;;;;/m0000..../s1. The molecule has 11 aromatic rings. The number of halogens is 2. The maximum atomic E-state index is 11.3. The molecule has 2 unspecified atom stereocenters. The second-order valence-electron chi connectivity index (χ2n) is 42.7. The van der Waals surface area contributed by atoms with E-state index in [2.05, 4.69) is 176 Å². The van der Waals surface area contributed by atoms with Gasteiger partial charge in [0.05, 0.1) is 127 Å². The van der Waals surface area contributed by atoms with E-state index in [1.807, 2.05) is 80.8 Å². The molecule has 12 heterocycles. The molecule has 5 aliphatic heterocycles. The molecule has 4 aromatic carbocycles. The van der Waals surface area contributed by atoms with E-state index in [0.717, 1.165) is 212 Å². The van der Waals surface area contributed by atoms with Crippen LogP contribution >= 0.6 is 12.4 Å². The van der Waals surface area contributed by atoms with Gasteiger partial charge in [-0.25, -0.2) is 53.9 Å². The Morgan fingerprint density at radius 2 is 0.761 bits per heavy atom. The largest absolute Gasteiger partial charge is 2.00 e. The fourth-order valence-corrected chi connectivity index (χ4v) is 19.1. The van der Waals surface area contributed by atoms with Crippen molar-refractivity contribution in [2.24, 2.45) is 4.99 Å². The van der Waals surface area contributed by atoms with Crippen molar-refractivity contribution in [2.75, 3.05) is 125 Å². The van der Waals surface area contributed by atoms with Crippen molar-refractivity contribution in [2.45, 2.75) is 256 Å². The third-order valence-electron chi connectivity index (χ3n) is 26.5. The molecule has 0 amide bonds. The predicted molar refractivity (Wildman–Crippen MR) is 559 cm³/mol. The summed E-state index contributed by atoms with van der Waals surface area (Å²) in [5.74, 6) is 6.61. The Kier molecular flexibility index (Phi) is 36.8. The number of fused-ring (bicyclic) bond motifs is 4. The van der Waals surface area contributed by atoms with Crippen molar-refractivity contribution in [3.8, 4) is 57.2 Å². The first-order chi connectivity index (χ1) is 66.1. The van der Waals surface area contributed by atoms with Crippen LogP contribution in [0, 0.1) is 7.43 Å². The number of aromatic nitrogens is 14. The summed E-state index contributed by atoms with van der Waals surface area (Å²) in [6, 6.07) is 35.6. The van der Waals surface area contributed by atoms with Crippen molar-refractivity contribution in [1.29, 1.82) is 0 Å². The average Bonchev–Trinajstić information content (AvgIpc) is 1.62. The van der Waals surface area contributed by atoms with Crippen LogP contribution in [0.2, 0.25) is 77.1 Å². The number of carbonyl (C=O) groups is 1. The Morgan fingerprint density at radius 3 is 1.11 bits per heavy atom. The normalized spacial score (nSPS) is 19.9. The number of aliphatic hydroxyl groups excluding tert-OH is 3. The summed E-state index contributed by atoms with van der Waals surface area (Å²) in [5, 5.41) is 47.0. The smallest absolute Gasteiger partial charge is 1.00 e. The summed E-state index contributed by atoms with van der Waals surface area (Å²) in [4.78, 5) is 60.9. The number of aliphatic hydroxyl groups is 3. The van der Waals surface area contributed by atoms with Gasteiger partial charge in [-0.15, -0.1) is 12.4 Å². The van der Waals surface area contributed by atoms with Crippen molar-refractivity contribution in [1.82, 2.24) is 69.2 Å². The van der Waals surface area contributed by atoms with Crippen LogP contribution in [-0.2, 0) is 64.7 Å². The van der Waals surface area contributed by atoms with Crippen LogP contribution in [0.25, 0.3) is 66.9 Å². The zero-order valence-corrected chi connectivity index (χ0v) is 92.1. The first-order valence-electron chi connectivity index (χ1n) is 48.9. The van der Waals surface area contributed by atoms with E-state index in [0.29, 0.717) is 119 Å². The molecule has 20 rings (SSSR count). The van der Waals surface area contributed by atoms with E-state index in [4.69, 9.17) is 72.4 Å². The van der Waals surface area contributed by atoms with Gasteiger partial charge in [0.15, 0.2) is 6.29 Å². The number of hydrogen-bond acceptors (Lipinski definition) is 31. The fraction of sp³-hybridized carbons (Fsp3) is 0.549. The number of aliphatic imine (C=N–C) groups is 1. The molecule has 40 heteroatoms. The third kappa shape index (κ3) is 29.1. The number of ether oxygens (including phenoxy) is 11. The van der Waals surface area contributed by atoms with Crippen LogP contribution in [0.5, 0.6) is 23.0 Å². The second-order valence-corrected chi connectivity index (χ2v) is 59.5. The summed E-state index contributed by atoms with van der Waals surface area (Å²) in [6.45, 7) is 44.2. The molecule has 34 nitrogen and oxygen atoms in total. The Bertz CT molecular complexity index is 6110. The molecule has 9 aliphatic rings. The van der Waals surface area contributed by atoms with Gasteiger partial charge >= 0.3 is 23.1 Å². The van der Waals surface area contributed by atoms with E-state index < -0.39 is 42.5 Å². The number of nitrogens with zero attached hydrogens (tertiary/aromatic N) is 19. The van der Waals surface area contributed by atoms with Gasteiger partial charge in [0.1, 0.15) is 132 Å². The van der Waals surface area contributed by atoms with Gasteiger partial charge in [-0.05, 0) is 183 Å². The summed E-state index contributed by atoms with van der Waals surface area (Å²) in [6.07, 6.45) is 13.6. The van der Waals surface area contributed by atoms with Gasteiger partial charge in [-0.2, -0.15) is 15.3 Å². The van der Waals surface area contributed by atoms with Crippen LogP contribution in [0.1, 0.15) is 110 Å².